The molecular weight excluding hydrogens is 534 g/mol. The van der Waals surface area contributed by atoms with Crippen molar-refractivity contribution in [1.82, 2.24) is 10.3 Å². The zero-order valence-electron chi connectivity index (χ0n) is 30.3. The number of allylic oxidation sites excluding steroid dienone is 8. The molecular formula is C41H77N3. The minimum Gasteiger partial charge on any atom is -0.318 e. The van der Waals surface area contributed by atoms with Crippen LogP contribution in [0, 0.1) is 0 Å². The number of nitrogens with zero attached hydrogens (tertiary/aromatic N) is 2. The Morgan fingerprint density at radius 2 is 0.864 bits per heavy atom. The molecule has 0 aliphatic carbocycles. The van der Waals surface area contributed by atoms with Crippen LogP contribution >= 0.6 is 0 Å². The lowest BCUT2D eigenvalue weighted by atomic mass is 10.0. The van der Waals surface area contributed by atoms with Crippen molar-refractivity contribution in [2.45, 2.75) is 181 Å². The van der Waals surface area contributed by atoms with Crippen molar-refractivity contribution in [3.05, 3.63) is 48.6 Å². The van der Waals surface area contributed by atoms with Gasteiger partial charge in [-0.3, -0.25) is 5.01 Å². The Labute approximate surface area is 277 Å². The van der Waals surface area contributed by atoms with Crippen LogP contribution in [0.2, 0.25) is 0 Å². The summed E-state index contributed by atoms with van der Waals surface area (Å²) >= 11 is 0. The third kappa shape index (κ3) is 34.9. The van der Waals surface area contributed by atoms with Crippen LogP contribution in [-0.4, -0.2) is 37.9 Å². The standard InChI is InChI=1S/C41H77N3/c1-5-7-9-11-13-15-17-19-21-23-25-27-29-31-33-35-37-41(43-44(4)40-39-42-3)38-36-34-32-30-28-26-24-22-20-18-16-14-12-10-8-6-2/h13-16,19-22,42H,5-12,17-18,23-40H2,1-4H3/b15-13-,16-14-,21-19-,22-20-. The summed E-state index contributed by atoms with van der Waals surface area (Å²) in [4.78, 5) is 0. The van der Waals surface area contributed by atoms with E-state index in [0.717, 1.165) is 25.9 Å². The van der Waals surface area contributed by atoms with Crippen LogP contribution in [-0.2, 0) is 0 Å². The van der Waals surface area contributed by atoms with Gasteiger partial charge in [-0.1, -0.05) is 140 Å². The summed E-state index contributed by atoms with van der Waals surface area (Å²) in [7, 11) is 4.15. The van der Waals surface area contributed by atoms with E-state index in [1.165, 1.54) is 160 Å². The SMILES string of the molecule is CCCCC/C=C\C/C=C\CCCCCCCCC(CCCCCCCC/C=C\C/C=C\CCCCC)=NN(C)CCNC. The number of likely N-dealkylation sites (N-methyl/N-ethyl adjacent to an activating group) is 2. The molecule has 0 bridgehead atoms. The Hall–Kier alpha value is -1.61. The van der Waals surface area contributed by atoms with E-state index in [1.807, 2.05) is 7.05 Å². The predicted molar refractivity (Wildman–Crippen MR) is 202 cm³/mol. The summed E-state index contributed by atoms with van der Waals surface area (Å²) in [6.45, 7) is 6.51. The third-order valence-corrected chi connectivity index (χ3v) is 8.33. The summed E-state index contributed by atoms with van der Waals surface area (Å²) in [5.74, 6) is 0. The van der Waals surface area contributed by atoms with Gasteiger partial charge in [0.25, 0.3) is 0 Å². The monoisotopic (exact) mass is 612 g/mol. The van der Waals surface area contributed by atoms with E-state index in [9.17, 15) is 0 Å². The fraction of sp³-hybridized carbons (Fsp3) is 0.780. The Balaban J connectivity index is 3.93. The van der Waals surface area contributed by atoms with Gasteiger partial charge in [0.2, 0.25) is 0 Å². The Morgan fingerprint density at radius 3 is 1.25 bits per heavy atom. The molecule has 0 spiro atoms. The third-order valence-electron chi connectivity index (χ3n) is 8.33. The maximum Gasteiger partial charge on any atom is 0.0481 e. The molecule has 3 nitrogen and oxygen atoms in total. The first-order chi connectivity index (χ1) is 21.7. The predicted octanol–water partition coefficient (Wildman–Crippen LogP) is 12.9. The minimum absolute atomic E-state index is 0.980. The molecule has 0 heterocycles. The highest BCUT2D eigenvalue weighted by Gasteiger charge is 2.04. The molecule has 0 unspecified atom stereocenters. The maximum absolute atomic E-state index is 5.01. The van der Waals surface area contributed by atoms with Crippen molar-refractivity contribution >= 4 is 5.71 Å². The van der Waals surface area contributed by atoms with Crippen LogP contribution in [0.4, 0.5) is 0 Å². The lowest BCUT2D eigenvalue weighted by molar-refractivity contribution is 0.352. The number of nitrogens with one attached hydrogen (secondary N) is 1. The molecule has 1 N–H and O–H groups in total. The summed E-state index contributed by atoms with van der Waals surface area (Å²) in [5.41, 5.74) is 1.43. The topological polar surface area (TPSA) is 27.6 Å². The van der Waals surface area contributed by atoms with Gasteiger partial charge in [0.05, 0.1) is 0 Å². The second-order valence-electron chi connectivity index (χ2n) is 12.8. The van der Waals surface area contributed by atoms with Crippen molar-refractivity contribution < 1.29 is 0 Å². The van der Waals surface area contributed by atoms with Gasteiger partial charge in [0.15, 0.2) is 0 Å². The number of unbranched alkanes of at least 4 members (excludes halogenated alkanes) is 18. The van der Waals surface area contributed by atoms with E-state index < -0.39 is 0 Å². The molecule has 0 aliphatic rings. The van der Waals surface area contributed by atoms with Gasteiger partial charge >= 0.3 is 0 Å². The first kappa shape index (κ1) is 42.4. The summed E-state index contributed by atoms with van der Waals surface area (Å²) < 4.78 is 0. The molecule has 0 radical (unpaired) electrons. The molecule has 3 heteroatoms. The average Bonchev–Trinajstić information content (AvgIpc) is 3.03. The first-order valence-corrected chi connectivity index (χ1v) is 19.3. The summed E-state index contributed by atoms with van der Waals surface area (Å²) in [6.07, 6.45) is 52.7. The zero-order valence-corrected chi connectivity index (χ0v) is 30.3. The fourth-order valence-corrected chi connectivity index (χ4v) is 5.42. The highest BCUT2D eigenvalue weighted by atomic mass is 15.4. The maximum atomic E-state index is 5.01. The highest BCUT2D eigenvalue weighted by molar-refractivity contribution is 5.84. The van der Waals surface area contributed by atoms with Crippen LogP contribution < -0.4 is 5.32 Å². The second kappa shape index (κ2) is 37.6. The van der Waals surface area contributed by atoms with Gasteiger partial charge in [0.1, 0.15) is 0 Å². The molecule has 44 heavy (non-hydrogen) atoms. The van der Waals surface area contributed by atoms with Gasteiger partial charge in [0, 0.05) is 25.8 Å². The van der Waals surface area contributed by atoms with Gasteiger partial charge in [-0.25, -0.2) is 0 Å². The first-order valence-electron chi connectivity index (χ1n) is 19.3. The number of hydrazone groups is 1. The Kier molecular flexibility index (Phi) is 36.2. The molecule has 256 valence electrons. The average molecular weight is 612 g/mol. The molecule has 0 fully saturated rings. The summed E-state index contributed by atoms with van der Waals surface area (Å²) in [5, 5.41) is 10.4. The van der Waals surface area contributed by atoms with Gasteiger partial charge in [-0.05, 0) is 96.9 Å². The fourth-order valence-electron chi connectivity index (χ4n) is 5.42. The van der Waals surface area contributed by atoms with Crippen molar-refractivity contribution in [1.29, 1.82) is 0 Å². The largest absolute Gasteiger partial charge is 0.318 e. The zero-order chi connectivity index (χ0) is 32.0. The van der Waals surface area contributed by atoms with E-state index >= 15 is 0 Å². The Bertz CT molecular complexity index is 653. The molecule has 0 rings (SSSR count). The minimum atomic E-state index is 0.980. The molecule has 0 atom stereocenters. The number of rotatable bonds is 34. The van der Waals surface area contributed by atoms with E-state index in [1.54, 1.807) is 0 Å². The van der Waals surface area contributed by atoms with Gasteiger partial charge in [-0.15, -0.1) is 0 Å². The Morgan fingerprint density at radius 1 is 0.500 bits per heavy atom. The lowest BCUT2D eigenvalue weighted by Gasteiger charge is -2.16. The van der Waals surface area contributed by atoms with E-state index in [2.05, 4.69) is 79.8 Å². The number of hydrogen-bond donors (Lipinski definition) is 1. The normalized spacial score (nSPS) is 12.1. The summed E-state index contributed by atoms with van der Waals surface area (Å²) in [6, 6.07) is 0. The van der Waals surface area contributed by atoms with Gasteiger partial charge < -0.3 is 5.32 Å². The van der Waals surface area contributed by atoms with Crippen LogP contribution in [0.1, 0.15) is 181 Å². The molecule has 0 saturated heterocycles. The van der Waals surface area contributed by atoms with Gasteiger partial charge in [-0.2, -0.15) is 5.10 Å². The van der Waals surface area contributed by atoms with Crippen molar-refractivity contribution in [3.8, 4) is 0 Å². The molecule has 0 saturated carbocycles. The van der Waals surface area contributed by atoms with E-state index in [4.69, 9.17) is 5.10 Å². The molecule has 0 aromatic heterocycles. The van der Waals surface area contributed by atoms with Crippen molar-refractivity contribution in [2.75, 3.05) is 27.2 Å². The molecule has 0 amide bonds. The van der Waals surface area contributed by atoms with Crippen LogP contribution in [0.15, 0.2) is 53.7 Å². The van der Waals surface area contributed by atoms with E-state index in [-0.39, 0.29) is 0 Å². The van der Waals surface area contributed by atoms with Crippen molar-refractivity contribution in [2.24, 2.45) is 5.10 Å². The van der Waals surface area contributed by atoms with E-state index in [0.29, 0.717) is 0 Å². The number of hydrogen-bond acceptors (Lipinski definition) is 3. The lowest BCUT2D eigenvalue weighted by Crippen LogP contribution is -2.24. The quantitative estimate of drug-likeness (QED) is 0.0339. The highest BCUT2D eigenvalue weighted by Crippen LogP contribution is 2.14. The molecule has 0 aromatic carbocycles. The smallest absolute Gasteiger partial charge is 0.0481 e. The molecule has 0 aliphatic heterocycles. The van der Waals surface area contributed by atoms with Crippen LogP contribution in [0.5, 0.6) is 0 Å². The second-order valence-corrected chi connectivity index (χ2v) is 12.8. The van der Waals surface area contributed by atoms with Crippen molar-refractivity contribution in [3.63, 3.8) is 0 Å². The van der Waals surface area contributed by atoms with Crippen LogP contribution in [0.25, 0.3) is 0 Å². The van der Waals surface area contributed by atoms with Crippen LogP contribution in [0.3, 0.4) is 0 Å². The molecule has 0 aromatic rings.